The molecule has 7 heteroatoms. The summed E-state index contributed by atoms with van der Waals surface area (Å²) in [4.78, 5) is 29.1. The van der Waals surface area contributed by atoms with Crippen molar-refractivity contribution < 1.29 is 24.3 Å². The zero-order valence-electron chi connectivity index (χ0n) is 17.7. The predicted octanol–water partition coefficient (Wildman–Crippen LogP) is 5.03. The summed E-state index contributed by atoms with van der Waals surface area (Å²) in [5.41, 5.74) is 0. The maximum Gasteiger partial charge on any atom is 0.353 e. The van der Waals surface area contributed by atoms with Crippen LogP contribution < -0.4 is 5.32 Å². The van der Waals surface area contributed by atoms with E-state index in [2.05, 4.69) is 24.4 Å². The lowest BCUT2D eigenvalue weighted by atomic mass is 10.1. The summed E-state index contributed by atoms with van der Waals surface area (Å²) < 4.78 is 10.8. The summed E-state index contributed by atoms with van der Waals surface area (Å²) in [6.45, 7) is 2.32. The van der Waals surface area contributed by atoms with Gasteiger partial charge in [0, 0.05) is 19.4 Å². The summed E-state index contributed by atoms with van der Waals surface area (Å²) >= 11 is 0. The number of allylic oxidation sites excluding steroid dienone is 2. The van der Waals surface area contributed by atoms with E-state index >= 15 is 0 Å². The van der Waals surface area contributed by atoms with E-state index in [9.17, 15) is 14.5 Å². The van der Waals surface area contributed by atoms with E-state index in [-0.39, 0.29) is 18.9 Å². The lowest BCUT2D eigenvalue weighted by Gasteiger charge is -2.12. The number of amides is 1. The Morgan fingerprint density at radius 1 is 0.893 bits per heavy atom. The van der Waals surface area contributed by atoms with Crippen LogP contribution in [0.4, 0.5) is 0 Å². The van der Waals surface area contributed by atoms with E-state index in [1.807, 2.05) is 0 Å². The molecule has 0 fully saturated rings. The van der Waals surface area contributed by atoms with Crippen molar-refractivity contribution in [3.8, 4) is 0 Å². The molecule has 28 heavy (non-hydrogen) atoms. The maximum atomic E-state index is 11.6. The Labute approximate surface area is 171 Å². The number of nitrogens with one attached hydrogen (secondary N) is 1. The summed E-state index contributed by atoms with van der Waals surface area (Å²) in [5, 5.41) is 11.8. The molecule has 0 saturated carbocycles. The smallest absolute Gasteiger partial charge is 0.353 e. The standard InChI is InChI=1S/C21H42NO5P/c1-2-3-4-5-6-7-8-9-10-11-12-13-14-15-16-17-20(23)22-19-18-21(24)28(25,26)27/h9-10,21,24H,2-8,11-19H2,1H3,(H,22,23)(H2,25,26,27). The minimum absolute atomic E-state index is 0.0795. The molecule has 0 bridgehead atoms. The van der Waals surface area contributed by atoms with Gasteiger partial charge in [0.2, 0.25) is 5.91 Å². The monoisotopic (exact) mass is 419 g/mol. The fourth-order valence-corrected chi connectivity index (χ4v) is 3.42. The van der Waals surface area contributed by atoms with Crippen LogP contribution in [0, 0.1) is 0 Å². The van der Waals surface area contributed by atoms with Crippen molar-refractivity contribution in [1.29, 1.82) is 0 Å². The van der Waals surface area contributed by atoms with Crippen molar-refractivity contribution in [3.63, 3.8) is 0 Å². The third-order valence-electron chi connectivity index (χ3n) is 4.78. The summed E-state index contributed by atoms with van der Waals surface area (Å²) in [7, 11) is -4.47. The Hall–Kier alpha value is -0.680. The summed E-state index contributed by atoms with van der Waals surface area (Å²) in [6.07, 6.45) is 20.6. The molecule has 0 radical (unpaired) electrons. The number of unbranched alkanes of at least 4 members (excludes halogenated alkanes) is 11. The van der Waals surface area contributed by atoms with E-state index in [1.165, 1.54) is 57.8 Å². The van der Waals surface area contributed by atoms with Crippen molar-refractivity contribution in [1.82, 2.24) is 5.32 Å². The molecular formula is C21H42NO5P. The van der Waals surface area contributed by atoms with Gasteiger partial charge in [-0.2, -0.15) is 0 Å². The second-order valence-electron chi connectivity index (χ2n) is 7.54. The maximum absolute atomic E-state index is 11.6. The first-order chi connectivity index (χ1) is 13.4. The van der Waals surface area contributed by atoms with Gasteiger partial charge in [0.25, 0.3) is 0 Å². The predicted molar refractivity (Wildman–Crippen MR) is 115 cm³/mol. The van der Waals surface area contributed by atoms with Gasteiger partial charge >= 0.3 is 7.60 Å². The minimum atomic E-state index is -4.47. The van der Waals surface area contributed by atoms with Crippen LogP contribution in [-0.4, -0.2) is 33.2 Å². The molecule has 1 atom stereocenters. The Bertz CT molecular complexity index is 450. The molecule has 0 aromatic heterocycles. The van der Waals surface area contributed by atoms with Gasteiger partial charge in [0.1, 0.15) is 0 Å². The molecule has 0 rings (SSSR count). The highest BCUT2D eigenvalue weighted by Crippen LogP contribution is 2.40. The van der Waals surface area contributed by atoms with Crippen LogP contribution in [0.1, 0.15) is 103 Å². The normalized spacial score (nSPS) is 13.1. The third kappa shape index (κ3) is 18.7. The first-order valence-electron chi connectivity index (χ1n) is 11.0. The zero-order chi connectivity index (χ0) is 21.1. The Morgan fingerprint density at radius 2 is 1.39 bits per heavy atom. The molecule has 0 aromatic carbocycles. The van der Waals surface area contributed by atoms with Crippen LogP contribution in [-0.2, 0) is 9.36 Å². The molecule has 0 spiro atoms. The van der Waals surface area contributed by atoms with E-state index in [1.54, 1.807) is 0 Å². The highest BCUT2D eigenvalue weighted by atomic mass is 31.2. The molecular weight excluding hydrogens is 377 g/mol. The van der Waals surface area contributed by atoms with Gasteiger partial charge in [0.05, 0.1) is 0 Å². The first-order valence-corrected chi connectivity index (χ1v) is 12.7. The first kappa shape index (κ1) is 27.3. The molecule has 4 N–H and O–H groups in total. The van der Waals surface area contributed by atoms with Crippen LogP contribution in [0.25, 0.3) is 0 Å². The van der Waals surface area contributed by atoms with Crippen molar-refractivity contribution in [2.45, 2.75) is 109 Å². The van der Waals surface area contributed by atoms with Gasteiger partial charge in [0.15, 0.2) is 5.85 Å². The van der Waals surface area contributed by atoms with Gasteiger partial charge in [-0.25, -0.2) is 0 Å². The number of carbonyl (C=O) groups is 1. The van der Waals surface area contributed by atoms with Crippen LogP contribution in [0.5, 0.6) is 0 Å². The third-order valence-corrected chi connectivity index (χ3v) is 5.81. The van der Waals surface area contributed by atoms with E-state index in [0.717, 1.165) is 25.7 Å². The second kappa shape index (κ2) is 18.4. The number of rotatable bonds is 19. The van der Waals surface area contributed by atoms with Gasteiger partial charge in [-0.1, -0.05) is 70.4 Å². The molecule has 0 saturated heterocycles. The van der Waals surface area contributed by atoms with Crippen molar-refractivity contribution in [2.24, 2.45) is 0 Å². The molecule has 6 nitrogen and oxygen atoms in total. The molecule has 1 unspecified atom stereocenters. The average Bonchev–Trinajstić information content (AvgIpc) is 2.64. The molecule has 0 heterocycles. The summed E-state index contributed by atoms with van der Waals surface area (Å²) in [6, 6.07) is 0. The topological polar surface area (TPSA) is 107 Å². The molecule has 0 aliphatic carbocycles. The van der Waals surface area contributed by atoms with Crippen LogP contribution >= 0.6 is 7.60 Å². The SMILES string of the molecule is CCCCCCCCC=CCCCCCCCC(=O)NCCC(O)P(=O)(O)O. The van der Waals surface area contributed by atoms with Crippen molar-refractivity contribution in [2.75, 3.05) is 6.54 Å². The minimum Gasteiger partial charge on any atom is -0.380 e. The lowest BCUT2D eigenvalue weighted by molar-refractivity contribution is -0.121. The average molecular weight is 420 g/mol. The Kier molecular flexibility index (Phi) is 17.9. The highest BCUT2D eigenvalue weighted by molar-refractivity contribution is 7.52. The molecule has 0 aliphatic heterocycles. The fourth-order valence-electron chi connectivity index (χ4n) is 2.95. The quantitative estimate of drug-likeness (QED) is 0.133. The fraction of sp³-hybridized carbons (Fsp3) is 0.857. The number of carbonyl (C=O) groups excluding carboxylic acids is 1. The second-order valence-corrected chi connectivity index (χ2v) is 9.32. The van der Waals surface area contributed by atoms with Gasteiger partial charge < -0.3 is 20.2 Å². The van der Waals surface area contributed by atoms with E-state index in [0.29, 0.717) is 6.42 Å². The molecule has 1 amide bonds. The van der Waals surface area contributed by atoms with Crippen molar-refractivity contribution in [3.05, 3.63) is 12.2 Å². The number of aliphatic hydroxyl groups excluding tert-OH is 1. The lowest BCUT2D eigenvalue weighted by Crippen LogP contribution is -2.26. The van der Waals surface area contributed by atoms with Crippen LogP contribution in [0.2, 0.25) is 0 Å². The van der Waals surface area contributed by atoms with E-state index in [4.69, 9.17) is 9.79 Å². The zero-order valence-corrected chi connectivity index (χ0v) is 18.5. The largest absolute Gasteiger partial charge is 0.380 e. The van der Waals surface area contributed by atoms with Crippen LogP contribution in [0.15, 0.2) is 12.2 Å². The highest BCUT2D eigenvalue weighted by Gasteiger charge is 2.25. The molecule has 0 aliphatic rings. The van der Waals surface area contributed by atoms with Crippen molar-refractivity contribution >= 4 is 13.5 Å². The number of aliphatic hydroxyl groups is 1. The Balaban J connectivity index is 3.35. The molecule has 0 aromatic rings. The summed E-state index contributed by atoms with van der Waals surface area (Å²) in [5.74, 6) is -1.83. The molecule has 166 valence electrons. The van der Waals surface area contributed by atoms with E-state index < -0.39 is 13.4 Å². The Morgan fingerprint density at radius 3 is 1.93 bits per heavy atom. The van der Waals surface area contributed by atoms with Gasteiger partial charge in [-0.05, 0) is 32.1 Å². The van der Waals surface area contributed by atoms with Gasteiger partial charge in [-0.3, -0.25) is 9.36 Å². The van der Waals surface area contributed by atoms with Gasteiger partial charge in [-0.15, -0.1) is 0 Å². The number of hydrogen-bond donors (Lipinski definition) is 4. The number of hydrogen-bond acceptors (Lipinski definition) is 3. The van der Waals surface area contributed by atoms with Crippen LogP contribution in [0.3, 0.4) is 0 Å².